The van der Waals surface area contributed by atoms with E-state index < -0.39 is 18.0 Å². The average molecular weight is 373 g/mol. The summed E-state index contributed by atoms with van der Waals surface area (Å²) in [7, 11) is 4.33. The van der Waals surface area contributed by atoms with Gasteiger partial charge in [-0.3, -0.25) is 4.79 Å². The highest BCUT2D eigenvalue weighted by Gasteiger charge is 2.25. The Bertz CT molecular complexity index is 791. The molecule has 0 saturated heterocycles. The van der Waals surface area contributed by atoms with Crippen molar-refractivity contribution in [3.05, 3.63) is 53.6 Å². The fourth-order valence-electron chi connectivity index (χ4n) is 2.47. The van der Waals surface area contributed by atoms with Crippen molar-refractivity contribution in [3.8, 4) is 17.2 Å². The lowest BCUT2D eigenvalue weighted by atomic mass is 10.1. The second-order valence-corrected chi connectivity index (χ2v) is 5.63. The molecule has 0 aliphatic carbocycles. The van der Waals surface area contributed by atoms with Gasteiger partial charge in [0.25, 0.3) is 5.91 Å². The molecule has 1 atom stereocenters. The van der Waals surface area contributed by atoms with Crippen molar-refractivity contribution in [2.75, 3.05) is 21.3 Å². The molecule has 1 unspecified atom stereocenters. The van der Waals surface area contributed by atoms with E-state index >= 15 is 0 Å². The van der Waals surface area contributed by atoms with Crippen molar-refractivity contribution in [1.29, 1.82) is 0 Å². The maximum atomic E-state index is 12.5. The van der Waals surface area contributed by atoms with Crippen molar-refractivity contribution in [3.63, 3.8) is 0 Å². The van der Waals surface area contributed by atoms with Crippen molar-refractivity contribution in [1.82, 2.24) is 5.32 Å². The van der Waals surface area contributed by atoms with Gasteiger partial charge in [0.1, 0.15) is 5.56 Å². The number of hydrogen-bond donors (Lipinski definition) is 1. The largest absolute Gasteiger partial charge is 0.493 e. The van der Waals surface area contributed by atoms with E-state index in [-0.39, 0.29) is 17.1 Å². The van der Waals surface area contributed by atoms with Gasteiger partial charge in [-0.15, -0.1) is 0 Å². The number of benzene rings is 2. The summed E-state index contributed by atoms with van der Waals surface area (Å²) in [5.41, 5.74) is 1.09. The second-order valence-electron chi connectivity index (χ2n) is 5.63. The van der Waals surface area contributed by atoms with Crippen molar-refractivity contribution < 1.29 is 28.5 Å². The molecular weight excluding hydrogens is 350 g/mol. The van der Waals surface area contributed by atoms with Crippen LogP contribution in [0.25, 0.3) is 0 Å². The minimum atomic E-state index is -0.973. The number of methoxy groups -OCH3 is 3. The van der Waals surface area contributed by atoms with Crippen LogP contribution < -0.4 is 19.5 Å². The Balaban J connectivity index is 2.06. The summed E-state index contributed by atoms with van der Waals surface area (Å²) in [5.74, 6) is -0.226. The maximum Gasteiger partial charge on any atom is 0.342 e. The molecule has 2 aromatic carbocycles. The Hall–Kier alpha value is -3.22. The Morgan fingerprint density at radius 3 is 2.19 bits per heavy atom. The van der Waals surface area contributed by atoms with Gasteiger partial charge in [0, 0.05) is 6.54 Å². The second kappa shape index (κ2) is 9.47. The number of rotatable bonds is 8. The molecule has 7 nitrogen and oxygen atoms in total. The molecule has 0 aliphatic rings. The number of hydrogen-bond acceptors (Lipinski definition) is 6. The number of esters is 1. The molecule has 7 heteroatoms. The van der Waals surface area contributed by atoms with Gasteiger partial charge in [0.15, 0.2) is 17.6 Å². The first-order valence-electron chi connectivity index (χ1n) is 8.33. The molecule has 0 heterocycles. The molecule has 1 N–H and O–H groups in total. The number of carbonyl (C=O) groups excluding carboxylic acids is 2. The van der Waals surface area contributed by atoms with Crippen LogP contribution in [0.15, 0.2) is 42.5 Å². The monoisotopic (exact) mass is 373 g/mol. The molecule has 0 bridgehead atoms. The van der Waals surface area contributed by atoms with E-state index in [0.717, 1.165) is 5.56 Å². The molecule has 144 valence electrons. The fraction of sp³-hybridized carbons (Fsp3) is 0.300. The molecule has 1 amide bonds. The Labute approximate surface area is 158 Å². The molecule has 2 rings (SSSR count). The van der Waals surface area contributed by atoms with Crippen LogP contribution in [0.3, 0.4) is 0 Å². The zero-order valence-electron chi connectivity index (χ0n) is 15.8. The zero-order chi connectivity index (χ0) is 19.8. The van der Waals surface area contributed by atoms with Gasteiger partial charge in [0.2, 0.25) is 5.75 Å². The standard InChI is InChI=1S/C20H23NO6/c1-13(19(22)21-12-14-8-6-5-7-9-14)27-20(23)15-10-11-16(24-2)18(26-4)17(15)25-3/h5-11,13H,12H2,1-4H3,(H,21,22). The molecule has 0 radical (unpaired) electrons. The molecular formula is C20H23NO6. The normalized spacial score (nSPS) is 11.3. The first kappa shape index (κ1) is 20.1. The molecule has 0 saturated carbocycles. The summed E-state index contributed by atoms with van der Waals surface area (Å²) in [6, 6.07) is 12.5. The first-order valence-corrected chi connectivity index (χ1v) is 8.33. The summed E-state index contributed by atoms with van der Waals surface area (Å²) in [4.78, 5) is 24.7. The SMILES string of the molecule is COc1ccc(C(=O)OC(C)C(=O)NCc2ccccc2)c(OC)c1OC. The highest BCUT2D eigenvalue weighted by Crippen LogP contribution is 2.40. The topological polar surface area (TPSA) is 83.1 Å². The highest BCUT2D eigenvalue weighted by molar-refractivity contribution is 5.96. The Kier molecular flexibility index (Phi) is 7.05. The predicted octanol–water partition coefficient (Wildman–Crippen LogP) is 2.57. The van der Waals surface area contributed by atoms with Crippen molar-refractivity contribution >= 4 is 11.9 Å². The van der Waals surface area contributed by atoms with Crippen LogP contribution in [0, 0.1) is 0 Å². The van der Waals surface area contributed by atoms with Crippen LogP contribution in [0.2, 0.25) is 0 Å². The lowest BCUT2D eigenvalue weighted by molar-refractivity contribution is -0.129. The highest BCUT2D eigenvalue weighted by atomic mass is 16.6. The predicted molar refractivity (Wildman–Crippen MR) is 99.3 cm³/mol. The van der Waals surface area contributed by atoms with E-state index in [0.29, 0.717) is 12.3 Å². The fourth-order valence-corrected chi connectivity index (χ4v) is 2.47. The average Bonchev–Trinajstić information content (AvgIpc) is 2.71. The van der Waals surface area contributed by atoms with Gasteiger partial charge in [-0.05, 0) is 24.6 Å². The van der Waals surface area contributed by atoms with Gasteiger partial charge >= 0.3 is 5.97 Å². The molecule has 2 aromatic rings. The van der Waals surface area contributed by atoms with Gasteiger partial charge < -0.3 is 24.3 Å². The third-order valence-electron chi connectivity index (χ3n) is 3.89. The maximum absolute atomic E-state index is 12.5. The lowest BCUT2D eigenvalue weighted by Crippen LogP contribution is -2.35. The minimum Gasteiger partial charge on any atom is -0.493 e. The minimum absolute atomic E-state index is 0.137. The molecule has 0 aliphatic heterocycles. The van der Waals surface area contributed by atoms with Gasteiger partial charge in [0.05, 0.1) is 21.3 Å². The summed E-state index contributed by atoms with van der Waals surface area (Å²) in [5, 5.41) is 2.73. The number of nitrogens with one attached hydrogen (secondary N) is 1. The van der Waals surface area contributed by atoms with Crippen molar-refractivity contribution in [2.45, 2.75) is 19.6 Å². The summed E-state index contributed by atoms with van der Waals surface area (Å²) in [6.07, 6.45) is -0.973. The van der Waals surface area contributed by atoms with Crippen LogP contribution >= 0.6 is 0 Å². The molecule has 27 heavy (non-hydrogen) atoms. The third-order valence-corrected chi connectivity index (χ3v) is 3.89. The zero-order valence-corrected chi connectivity index (χ0v) is 15.8. The third kappa shape index (κ3) is 4.91. The van der Waals surface area contributed by atoms with E-state index in [1.54, 1.807) is 6.07 Å². The van der Waals surface area contributed by atoms with E-state index in [1.807, 2.05) is 30.3 Å². The van der Waals surface area contributed by atoms with Gasteiger partial charge in [-0.1, -0.05) is 30.3 Å². The van der Waals surface area contributed by atoms with E-state index in [2.05, 4.69) is 5.32 Å². The van der Waals surface area contributed by atoms with Crippen LogP contribution in [-0.4, -0.2) is 39.3 Å². The smallest absolute Gasteiger partial charge is 0.342 e. The van der Waals surface area contributed by atoms with Crippen LogP contribution in [0.5, 0.6) is 17.2 Å². The molecule has 0 spiro atoms. The van der Waals surface area contributed by atoms with Crippen LogP contribution in [-0.2, 0) is 16.1 Å². The van der Waals surface area contributed by atoms with E-state index in [9.17, 15) is 9.59 Å². The van der Waals surface area contributed by atoms with Gasteiger partial charge in [-0.2, -0.15) is 0 Å². The van der Waals surface area contributed by atoms with Gasteiger partial charge in [-0.25, -0.2) is 4.79 Å². The van der Waals surface area contributed by atoms with E-state index in [1.165, 1.54) is 34.3 Å². The van der Waals surface area contributed by atoms with Crippen molar-refractivity contribution in [2.24, 2.45) is 0 Å². The number of ether oxygens (including phenoxy) is 4. The quantitative estimate of drug-likeness (QED) is 0.716. The molecule has 0 aromatic heterocycles. The Morgan fingerprint density at radius 1 is 0.926 bits per heavy atom. The first-order chi connectivity index (χ1) is 13.0. The number of amides is 1. The summed E-state index contributed by atoms with van der Waals surface area (Å²) < 4.78 is 21.0. The molecule has 0 fully saturated rings. The number of carbonyl (C=O) groups is 2. The summed E-state index contributed by atoms with van der Waals surface area (Å²) in [6.45, 7) is 1.85. The summed E-state index contributed by atoms with van der Waals surface area (Å²) >= 11 is 0. The van der Waals surface area contributed by atoms with Crippen LogP contribution in [0.4, 0.5) is 0 Å². The van der Waals surface area contributed by atoms with Crippen LogP contribution in [0.1, 0.15) is 22.8 Å². The Morgan fingerprint density at radius 2 is 1.59 bits per heavy atom. The lowest BCUT2D eigenvalue weighted by Gasteiger charge is -2.17. The van der Waals surface area contributed by atoms with E-state index in [4.69, 9.17) is 18.9 Å².